The molecular formula is C28H26O4. The highest BCUT2D eigenvalue weighted by Gasteiger charge is 2.30. The van der Waals surface area contributed by atoms with E-state index < -0.39 is 5.97 Å². The molecule has 162 valence electrons. The van der Waals surface area contributed by atoms with E-state index in [9.17, 15) is 9.59 Å². The second-order valence-electron chi connectivity index (χ2n) is 9.18. The first-order valence-corrected chi connectivity index (χ1v) is 10.6. The molecule has 0 saturated heterocycles. The third-order valence-corrected chi connectivity index (χ3v) is 5.48. The molecule has 4 nitrogen and oxygen atoms in total. The van der Waals surface area contributed by atoms with E-state index in [2.05, 4.69) is 32.9 Å². The van der Waals surface area contributed by atoms with Gasteiger partial charge in [-0.3, -0.25) is 4.79 Å². The smallest absolute Gasteiger partial charge is 0.343 e. The van der Waals surface area contributed by atoms with Crippen molar-refractivity contribution in [3.05, 3.63) is 99.8 Å². The van der Waals surface area contributed by atoms with Crippen LogP contribution in [0.25, 0.3) is 6.08 Å². The van der Waals surface area contributed by atoms with Crippen LogP contribution in [0.15, 0.2) is 66.4 Å². The number of benzene rings is 3. The number of allylic oxidation sites excluding steroid dienone is 1. The summed E-state index contributed by atoms with van der Waals surface area (Å²) in [6.07, 6.45) is 1.74. The fourth-order valence-corrected chi connectivity index (χ4v) is 3.71. The maximum absolute atomic E-state index is 12.9. The van der Waals surface area contributed by atoms with Crippen molar-refractivity contribution in [1.29, 1.82) is 0 Å². The first-order chi connectivity index (χ1) is 15.1. The summed E-state index contributed by atoms with van der Waals surface area (Å²) in [5.74, 6) is 0.380. The summed E-state index contributed by atoms with van der Waals surface area (Å²) >= 11 is 0. The summed E-state index contributed by atoms with van der Waals surface area (Å²) in [5, 5.41) is 0. The Hall–Kier alpha value is -3.66. The van der Waals surface area contributed by atoms with Gasteiger partial charge in [0, 0.05) is 6.07 Å². The Bertz CT molecular complexity index is 1240. The topological polar surface area (TPSA) is 52.6 Å². The van der Waals surface area contributed by atoms with Gasteiger partial charge in [-0.25, -0.2) is 4.79 Å². The average molecular weight is 427 g/mol. The van der Waals surface area contributed by atoms with E-state index in [0.29, 0.717) is 28.2 Å². The van der Waals surface area contributed by atoms with Crippen LogP contribution < -0.4 is 9.47 Å². The monoisotopic (exact) mass is 426 g/mol. The molecule has 0 saturated carbocycles. The standard InChI is InChI=1S/C28H26O4/c1-17-7-6-8-20(13-17)27(30)31-22-14-18(2)25-23(16-22)32-24(26(25)29)15-19-9-11-21(12-10-19)28(3,4)5/h6-16H,1-5H3/b24-15-. The number of carbonyl (C=O) groups is 2. The van der Waals surface area contributed by atoms with Crippen LogP contribution in [0.1, 0.15) is 63.7 Å². The maximum Gasteiger partial charge on any atom is 0.343 e. The van der Waals surface area contributed by atoms with Gasteiger partial charge in [0.25, 0.3) is 0 Å². The molecule has 0 aromatic heterocycles. The van der Waals surface area contributed by atoms with Crippen LogP contribution in [0.5, 0.6) is 11.5 Å². The second-order valence-corrected chi connectivity index (χ2v) is 9.18. The molecule has 3 aromatic rings. The van der Waals surface area contributed by atoms with Crippen molar-refractivity contribution in [3.8, 4) is 11.5 Å². The normalized spacial score (nSPS) is 14.3. The zero-order chi connectivity index (χ0) is 23.0. The molecule has 1 aliphatic heterocycles. The highest BCUT2D eigenvalue weighted by atomic mass is 16.5. The molecular weight excluding hydrogens is 400 g/mol. The average Bonchev–Trinajstić information content (AvgIpc) is 3.03. The van der Waals surface area contributed by atoms with Crippen molar-refractivity contribution in [2.75, 3.05) is 0 Å². The number of fused-ring (bicyclic) bond motifs is 1. The van der Waals surface area contributed by atoms with Gasteiger partial charge in [0.15, 0.2) is 5.76 Å². The van der Waals surface area contributed by atoms with Crippen molar-refractivity contribution < 1.29 is 19.1 Å². The minimum Gasteiger partial charge on any atom is -0.452 e. The number of ether oxygens (including phenoxy) is 2. The molecule has 0 atom stereocenters. The molecule has 0 radical (unpaired) electrons. The van der Waals surface area contributed by atoms with Crippen LogP contribution in [0.3, 0.4) is 0 Å². The van der Waals surface area contributed by atoms with E-state index >= 15 is 0 Å². The predicted octanol–water partition coefficient (Wildman–Crippen LogP) is 6.44. The quantitative estimate of drug-likeness (QED) is 0.275. The number of aryl methyl sites for hydroxylation is 2. The Morgan fingerprint density at radius 3 is 2.34 bits per heavy atom. The van der Waals surface area contributed by atoms with Crippen LogP contribution in [0, 0.1) is 13.8 Å². The van der Waals surface area contributed by atoms with Gasteiger partial charge in [-0.15, -0.1) is 0 Å². The summed E-state index contributed by atoms with van der Waals surface area (Å²) in [5.41, 5.74) is 4.81. The summed E-state index contributed by atoms with van der Waals surface area (Å²) in [4.78, 5) is 25.4. The number of hydrogen-bond donors (Lipinski definition) is 0. The minimum atomic E-state index is -0.452. The largest absolute Gasteiger partial charge is 0.452 e. The van der Waals surface area contributed by atoms with Gasteiger partial charge in [0.1, 0.15) is 11.5 Å². The number of Topliss-reactive ketones (excluding diaryl/α,β-unsaturated/α-hetero) is 1. The fourth-order valence-electron chi connectivity index (χ4n) is 3.71. The van der Waals surface area contributed by atoms with Gasteiger partial charge in [-0.05, 0) is 60.2 Å². The lowest BCUT2D eigenvalue weighted by Crippen LogP contribution is -2.10. The van der Waals surface area contributed by atoms with E-state index in [0.717, 1.165) is 11.1 Å². The Balaban J connectivity index is 1.58. The molecule has 32 heavy (non-hydrogen) atoms. The fraction of sp³-hybridized carbons (Fsp3) is 0.214. The van der Waals surface area contributed by atoms with E-state index in [1.54, 1.807) is 30.3 Å². The molecule has 3 aromatic carbocycles. The summed E-state index contributed by atoms with van der Waals surface area (Å²) < 4.78 is 11.4. The highest BCUT2D eigenvalue weighted by molar-refractivity contribution is 6.15. The Morgan fingerprint density at radius 2 is 1.69 bits per heavy atom. The van der Waals surface area contributed by atoms with Crippen LogP contribution in [0.2, 0.25) is 0 Å². The van der Waals surface area contributed by atoms with Crippen LogP contribution in [0.4, 0.5) is 0 Å². The third-order valence-electron chi connectivity index (χ3n) is 5.48. The Labute approximate surface area is 188 Å². The van der Waals surface area contributed by atoms with Crippen molar-refractivity contribution in [2.24, 2.45) is 0 Å². The maximum atomic E-state index is 12.9. The molecule has 0 N–H and O–H groups in total. The van der Waals surface area contributed by atoms with Gasteiger partial charge in [-0.1, -0.05) is 62.7 Å². The summed E-state index contributed by atoms with van der Waals surface area (Å²) in [7, 11) is 0. The number of ketones is 1. The first kappa shape index (κ1) is 21.6. The van der Waals surface area contributed by atoms with Crippen LogP contribution in [-0.4, -0.2) is 11.8 Å². The zero-order valence-electron chi connectivity index (χ0n) is 19.0. The number of rotatable bonds is 3. The molecule has 1 heterocycles. The lowest BCUT2D eigenvalue weighted by molar-refractivity contribution is 0.0734. The lowest BCUT2D eigenvalue weighted by atomic mass is 9.86. The molecule has 0 fully saturated rings. The van der Waals surface area contributed by atoms with Crippen molar-refractivity contribution in [1.82, 2.24) is 0 Å². The molecule has 0 unspecified atom stereocenters. The summed E-state index contributed by atoms with van der Waals surface area (Å²) in [6.45, 7) is 10.2. The highest BCUT2D eigenvalue weighted by Crippen LogP contribution is 2.38. The molecule has 0 bridgehead atoms. The second kappa shape index (κ2) is 8.12. The third kappa shape index (κ3) is 4.35. The van der Waals surface area contributed by atoms with Crippen LogP contribution >= 0.6 is 0 Å². The predicted molar refractivity (Wildman–Crippen MR) is 125 cm³/mol. The molecule has 4 rings (SSSR count). The van der Waals surface area contributed by atoms with Crippen molar-refractivity contribution in [3.63, 3.8) is 0 Å². The van der Waals surface area contributed by atoms with Gasteiger partial charge in [-0.2, -0.15) is 0 Å². The van der Waals surface area contributed by atoms with Gasteiger partial charge in [0.2, 0.25) is 5.78 Å². The van der Waals surface area contributed by atoms with Crippen molar-refractivity contribution >= 4 is 17.8 Å². The molecule has 1 aliphatic rings. The molecule has 0 spiro atoms. The lowest BCUT2D eigenvalue weighted by Gasteiger charge is -2.18. The van der Waals surface area contributed by atoms with E-state index in [1.807, 2.05) is 38.1 Å². The minimum absolute atomic E-state index is 0.0605. The van der Waals surface area contributed by atoms with E-state index in [1.165, 1.54) is 5.56 Å². The number of carbonyl (C=O) groups excluding carboxylic acids is 2. The number of hydrogen-bond acceptors (Lipinski definition) is 4. The zero-order valence-corrected chi connectivity index (χ0v) is 19.0. The SMILES string of the molecule is Cc1cccc(C(=O)Oc2cc(C)c3c(c2)O/C(=C\c2ccc(C(C)(C)C)cc2)C3=O)c1. The molecule has 0 amide bonds. The van der Waals surface area contributed by atoms with E-state index in [4.69, 9.17) is 9.47 Å². The summed E-state index contributed by atoms with van der Waals surface area (Å²) in [6, 6.07) is 18.6. The van der Waals surface area contributed by atoms with Crippen LogP contribution in [-0.2, 0) is 5.41 Å². The Morgan fingerprint density at radius 1 is 0.969 bits per heavy atom. The van der Waals surface area contributed by atoms with E-state index in [-0.39, 0.29) is 17.0 Å². The first-order valence-electron chi connectivity index (χ1n) is 10.6. The number of esters is 1. The molecule has 0 aliphatic carbocycles. The van der Waals surface area contributed by atoms with Gasteiger partial charge >= 0.3 is 5.97 Å². The molecule has 4 heteroatoms. The Kier molecular flexibility index (Phi) is 5.47. The van der Waals surface area contributed by atoms with Gasteiger partial charge < -0.3 is 9.47 Å². The van der Waals surface area contributed by atoms with Gasteiger partial charge in [0.05, 0.1) is 11.1 Å². The van der Waals surface area contributed by atoms with Crippen molar-refractivity contribution in [2.45, 2.75) is 40.0 Å².